The highest BCUT2D eigenvalue weighted by molar-refractivity contribution is 8.00. The minimum absolute atomic E-state index is 0.141. The van der Waals surface area contributed by atoms with Gasteiger partial charge < -0.3 is 10.6 Å². The van der Waals surface area contributed by atoms with Gasteiger partial charge in [0.15, 0.2) is 0 Å². The van der Waals surface area contributed by atoms with E-state index in [1.54, 1.807) is 40.9 Å². The zero-order valence-corrected chi connectivity index (χ0v) is 19.1. The summed E-state index contributed by atoms with van der Waals surface area (Å²) < 4.78 is 0. The van der Waals surface area contributed by atoms with Gasteiger partial charge in [0.05, 0.1) is 5.69 Å². The SMILES string of the molecule is CCc1ccc(CNC(=O)c2ccc(NC(=O)N3C[C@@H](C)Sc4ccccc43)cc2)cc1. The molecule has 0 radical (unpaired) electrons. The maximum Gasteiger partial charge on any atom is 0.326 e. The van der Waals surface area contributed by atoms with Gasteiger partial charge in [0.2, 0.25) is 0 Å². The number of nitrogens with one attached hydrogen (secondary N) is 2. The highest BCUT2D eigenvalue weighted by atomic mass is 32.2. The number of anilines is 2. The van der Waals surface area contributed by atoms with Crippen molar-refractivity contribution in [1.82, 2.24) is 5.32 Å². The second-order valence-electron chi connectivity index (χ2n) is 7.87. The van der Waals surface area contributed by atoms with Gasteiger partial charge in [-0.2, -0.15) is 0 Å². The van der Waals surface area contributed by atoms with Crippen LogP contribution in [0.3, 0.4) is 0 Å². The van der Waals surface area contributed by atoms with Crippen LogP contribution in [0.25, 0.3) is 0 Å². The molecule has 3 aromatic rings. The Hall–Kier alpha value is -3.25. The first-order valence-electron chi connectivity index (χ1n) is 10.8. The average Bonchev–Trinajstić information content (AvgIpc) is 2.82. The smallest absolute Gasteiger partial charge is 0.326 e. The van der Waals surface area contributed by atoms with Gasteiger partial charge in [-0.15, -0.1) is 11.8 Å². The normalized spacial score (nSPS) is 15.1. The van der Waals surface area contributed by atoms with Crippen molar-refractivity contribution in [2.75, 3.05) is 16.8 Å². The van der Waals surface area contributed by atoms with E-state index in [0.717, 1.165) is 22.6 Å². The number of nitrogens with zero attached hydrogens (tertiary/aromatic N) is 1. The van der Waals surface area contributed by atoms with Crippen molar-refractivity contribution >= 4 is 35.1 Å². The van der Waals surface area contributed by atoms with Gasteiger partial charge in [-0.3, -0.25) is 9.69 Å². The molecule has 6 heteroatoms. The van der Waals surface area contributed by atoms with Gasteiger partial charge in [0, 0.05) is 34.5 Å². The largest absolute Gasteiger partial charge is 0.348 e. The zero-order valence-electron chi connectivity index (χ0n) is 18.3. The summed E-state index contributed by atoms with van der Waals surface area (Å²) in [5.41, 5.74) is 4.48. The Morgan fingerprint density at radius 1 is 0.969 bits per heavy atom. The maximum atomic E-state index is 12.9. The van der Waals surface area contributed by atoms with Crippen molar-refractivity contribution in [2.24, 2.45) is 0 Å². The van der Waals surface area contributed by atoms with Crippen molar-refractivity contribution in [1.29, 1.82) is 0 Å². The van der Waals surface area contributed by atoms with E-state index in [4.69, 9.17) is 0 Å². The molecule has 0 saturated carbocycles. The van der Waals surface area contributed by atoms with E-state index >= 15 is 0 Å². The lowest BCUT2D eigenvalue weighted by Gasteiger charge is -2.32. The Morgan fingerprint density at radius 2 is 1.66 bits per heavy atom. The molecule has 1 heterocycles. The number of hydrogen-bond acceptors (Lipinski definition) is 3. The third-order valence-corrected chi connectivity index (χ3v) is 6.60. The number of hydrogen-bond donors (Lipinski definition) is 2. The molecule has 1 aliphatic heterocycles. The van der Waals surface area contributed by atoms with Crippen molar-refractivity contribution < 1.29 is 9.59 Å². The van der Waals surface area contributed by atoms with E-state index in [0.29, 0.717) is 29.6 Å². The highest BCUT2D eigenvalue weighted by Crippen LogP contribution is 2.38. The number of para-hydroxylation sites is 1. The van der Waals surface area contributed by atoms with Gasteiger partial charge in [-0.1, -0.05) is 50.2 Å². The molecular formula is C26H27N3O2S. The number of benzene rings is 3. The third kappa shape index (κ3) is 5.14. The van der Waals surface area contributed by atoms with Crippen LogP contribution in [0.15, 0.2) is 77.7 Å². The van der Waals surface area contributed by atoms with E-state index in [9.17, 15) is 9.59 Å². The van der Waals surface area contributed by atoms with Crippen LogP contribution < -0.4 is 15.5 Å². The fraction of sp³-hybridized carbons (Fsp3) is 0.231. The molecule has 0 unspecified atom stereocenters. The van der Waals surface area contributed by atoms with E-state index in [-0.39, 0.29) is 11.9 Å². The van der Waals surface area contributed by atoms with E-state index < -0.39 is 0 Å². The molecule has 0 spiro atoms. The molecule has 0 aromatic heterocycles. The predicted molar refractivity (Wildman–Crippen MR) is 132 cm³/mol. The molecule has 0 bridgehead atoms. The number of aryl methyl sites for hydroxylation is 1. The Labute approximate surface area is 193 Å². The van der Waals surface area contributed by atoms with Gasteiger partial charge in [-0.05, 0) is 53.9 Å². The first-order valence-corrected chi connectivity index (χ1v) is 11.7. The number of amides is 3. The van der Waals surface area contributed by atoms with Crippen molar-refractivity contribution in [3.8, 4) is 0 Å². The Balaban J connectivity index is 1.36. The molecule has 5 nitrogen and oxygen atoms in total. The van der Waals surface area contributed by atoms with Crippen LogP contribution in [-0.4, -0.2) is 23.7 Å². The molecule has 32 heavy (non-hydrogen) atoms. The molecule has 0 saturated heterocycles. The van der Waals surface area contributed by atoms with Crippen LogP contribution in [0.4, 0.5) is 16.2 Å². The number of thioether (sulfide) groups is 1. The van der Waals surface area contributed by atoms with Crippen molar-refractivity contribution in [2.45, 2.75) is 37.0 Å². The molecule has 3 aromatic carbocycles. The van der Waals surface area contributed by atoms with Crippen LogP contribution in [0, 0.1) is 0 Å². The third-order valence-electron chi connectivity index (χ3n) is 5.45. The summed E-state index contributed by atoms with van der Waals surface area (Å²) in [4.78, 5) is 28.3. The highest BCUT2D eigenvalue weighted by Gasteiger charge is 2.26. The Morgan fingerprint density at radius 3 is 2.38 bits per heavy atom. The molecular weight excluding hydrogens is 418 g/mol. The van der Waals surface area contributed by atoms with E-state index in [1.165, 1.54) is 5.56 Å². The quantitative estimate of drug-likeness (QED) is 0.529. The average molecular weight is 446 g/mol. The second-order valence-corrected chi connectivity index (χ2v) is 9.35. The van der Waals surface area contributed by atoms with Gasteiger partial charge in [0.1, 0.15) is 0 Å². The number of fused-ring (bicyclic) bond motifs is 1. The molecule has 0 aliphatic carbocycles. The summed E-state index contributed by atoms with van der Waals surface area (Å²) in [6.45, 7) is 5.36. The first-order chi connectivity index (χ1) is 15.5. The van der Waals surface area contributed by atoms with Crippen LogP contribution in [0.2, 0.25) is 0 Å². The fourth-order valence-corrected chi connectivity index (χ4v) is 4.77. The first kappa shape index (κ1) is 22.0. The topological polar surface area (TPSA) is 61.4 Å². The fourth-order valence-electron chi connectivity index (χ4n) is 3.65. The summed E-state index contributed by atoms with van der Waals surface area (Å²) in [6.07, 6.45) is 0.998. The van der Waals surface area contributed by atoms with Gasteiger partial charge in [-0.25, -0.2) is 4.79 Å². The predicted octanol–water partition coefficient (Wildman–Crippen LogP) is 5.71. The molecule has 1 atom stereocenters. The van der Waals surface area contributed by atoms with Crippen LogP contribution >= 0.6 is 11.8 Å². The van der Waals surface area contributed by atoms with Crippen LogP contribution in [-0.2, 0) is 13.0 Å². The lowest BCUT2D eigenvalue weighted by atomic mass is 10.1. The molecule has 3 amide bonds. The number of carbonyl (C=O) groups excluding carboxylic acids is 2. The van der Waals surface area contributed by atoms with Crippen molar-refractivity contribution in [3.05, 3.63) is 89.5 Å². The lowest BCUT2D eigenvalue weighted by Crippen LogP contribution is -2.41. The molecule has 2 N–H and O–H groups in total. The second kappa shape index (κ2) is 9.92. The van der Waals surface area contributed by atoms with Gasteiger partial charge in [0.25, 0.3) is 5.91 Å². The Kier molecular flexibility index (Phi) is 6.81. The van der Waals surface area contributed by atoms with Crippen molar-refractivity contribution in [3.63, 3.8) is 0 Å². The van der Waals surface area contributed by atoms with Crippen LogP contribution in [0.5, 0.6) is 0 Å². The molecule has 4 rings (SSSR count). The lowest BCUT2D eigenvalue weighted by molar-refractivity contribution is 0.0951. The summed E-state index contributed by atoms with van der Waals surface area (Å²) in [7, 11) is 0. The molecule has 164 valence electrons. The van der Waals surface area contributed by atoms with Crippen LogP contribution in [0.1, 0.15) is 35.3 Å². The minimum Gasteiger partial charge on any atom is -0.348 e. The summed E-state index contributed by atoms with van der Waals surface area (Å²) in [5.74, 6) is -0.141. The maximum absolute atomic E-state index is 12.9. The molecule has 0 fully saturated rings. The zero-order chi connectivity index (χ0) is 22.5. The standard InChI is InChI=1S/C26H27N3O2S/c1-3-19-8-10-20(11-9-19)16-27-25(30)21-12-14-22(15-13-21)28-26(31)29-17-18(2)32-24-7-5-4-6-23(24)29/h4-15,18H,3,16-17H2,1-2H3,(H,27,30)(H,28,31)/t18-/m1/s1. The van der Waals surface area contributed by atoms with E-state index in [2.05, 4.69) is 36.6 Å². The number of rotatable bonds is 5. The van der Waals surface area contributed by atoms with E-state index in [1.807, 2.05) is 36.4 Å². The monoisotopic (exact) mass is 445 g/mol. The summed E-state index contributed by atoms with van der Waals surface area (Å²) in [6, 6.07) is 23.0. The van der Waals surface area contributed by atoms with Gasteiger partial charge >= 0.3 is 6.03 Å². The summed E-state index contributed by atoms with van der Waals surface area (Å²) >= 11 is 1.78. The Bertz CT molecular complexity index is 1100. The number of urea groups is 1. The number of carbonyl (C=O) groups is 2. The molecule has 1 aliphatic rings. The minimum atomic E-state index is -0.169. The summed E-state index contributed by atoms with van der Waals surface area (Å²) in [5, 5.41) is 6.22.